The SMILES string of the molecule is CCNCC1CCN(c2c(F)cc3c(=O)c(C(=O)O)cn(CCOC)c3c2F)C1. The molecule has 1 saturated heterocycles. The monoisotopic (exact) mass is 409 g/mol. The number of carboxylic acid groups (broad SMARTS) is 1. The van der Waals surface area contributed by atoms with Crippen molar-refractivity contribution in [2.75, 3.05) is 44.8 Å². The number of nitrogens with zero attached hydrogens (tertiary/aromatic N) is 2. The third-order valence-corrected chi connectivity index (χ3v) is 5.28. The summed E-state index contributed by atoms with van der Waals surface area (Å²) in [5.74, 6) is -2.89. The first-order chi connectivity index (χ1) is 13.9. The van der Waals surface area contributed by atoms with E-state index < -0.39 is 28.6 Å². The van der Waals surface area contributed by atoms with Gasteiger partial charge in [0.1, 0.15) is 17.1 Å². The zero-order valence-corrected chi connectivity index (χ0v) is 16.5. The number of carbonyl (C=O) groups is 1. The van der Waals surface area contributed by atoms with E-state index in [1.54, 1.807) is 4.90 Å². The van der Waals surface area contributed by atoms with Crippen molar-refractivity contribution in [2.24, 2.45) is 5.92 Å². The number of halogens is 2. The van der Waals surface area contributed by atoms with E-state index in [9.17, 15) is 19.1 Å². The Morgan fingerprint density at radius 2 is 2.17 bits per heavy atom. The Bertz CT molecular complexity index is 977. The number of ether oxygens (including phenoxy) is 1. The normalized spacial score (nSPS) is 16.7. The van der Waals surface area contributed by atoms with Crippen molar-refractivity contribution >= 4 is 22.6 Å². The van der Waals surface area contributed by atoms with Crippen LogP contribution in [0.3, 0.4) is 0 Å². The molecule has 0 bridgehead atoms. The molecule has 3 rings (SSSR count). The van der Waals surface area contributed by atoms with E-state index in [2.05, 4.69) is 5.32 Å². The number of aromatic carboxylic acids is 1. The van der Waals surface area contributed by atoms with Gasteiger partial charge < -0.3 is 24.6 Å². The molecule has 0 aliphatic carbocycles. The van der Waals surface area contributed by atoms with Crippen LogP contribution in [0.1, 0.15) is 23.7 Å². The highest BCUT2D eigenvalue weighted by Crippen LogP contribution is 2.33. The molecule has 1 atom stereocenters. The standard InChI is InChI=1S/C20H25F2N3O4/c1-3-23-9-12-4-5-24(10-12)18-15(21)8-13-17(16(18)22)25(6-7-29-2)11-14(19(13)26)20(27)28/h8,11-12,23H,3-7,9-10H2,1-2H3,(H,27,28). The first kappa shape index (κ1) is 21.2. The lowest BCUT2D eigenvalue weighted by molar-refractivity contribution is 0.0694. The number of pyridine rings is 1. The molecule has 9 heteroatoms. The van der Waals surface area contributed by atoms with Crippen LogP contribution >= 0.6 is 0 Å². The van der Waals surface area contributed by atoms with Gasteiger partial charge in [-0.25, -0.2) is 13.6 Å². The summed E-state index contributed by atoms with van der Waals surface area (Å²) in [6.45, 7) is 4.90. The van der Waals surface area contributed by atoms with Crippen LogP contribution < -0.4 is 15.6 Å². The summed E-state index contributed by atoms with van der Waals surface area (Å²) < 4.78 is 36.7. The lowest BCUT2D eigenvalue weighted by atomic mass is 10.1. The van der Waals surface area contributed by atoms with Gasteiger partial charge >= 0.3 is 5.97 Å². The summed E-state index contributed by atoms with van der Waals surface area (Å²) in [6, 6.07) is 0.948. The van der Waals surface area contributed by atoms with Crippen molar-refractivity contribution in [1.82, 2.24) is 9.88 Å². The van der Waals surface area contributed by atoms with Gasteiger partial charge in [-0.05, 0) is 31.5 Å². The van der Waals surface area contributed by atoms with Gasteiger partial charge in [-0.15, -0.1) is 0 Å². The van der Waals surface area contributed by atoms with E-state index in [1.807, 2.05) is 6.92 Å². The molecule has 1 aliphatic heterocycles. The van der Waals surface area contributed by atoms with Gasteiger partial charge in [-0.3, -0.25) is 4.79 Å². The van der Waals surface area contributed by atoms with E-state index in [4.69, 9.17) is 4.74 Å². The number of fused-ring (bicyclic) bond motifs is 1. The number of anilines is 1. The van der Waals surface area contributed by atoms with Crippen molar-refractivity contribution < 1.29 is 23.4 Å². The molecule has 1 aliphatic rings. The first-order valence-corrected chi connectivity index (χ1v) is 9.62. The van der Waals surface area contributed by atoms with Crippen molar-refractivity contribution in [1.29, 1.82) is 0 Å². The van der Waals surface area contributed by atoms with Crippen molar-refractivity contribution in [2.45, 2.75) is 19.9 Å². The molecule has 29 heavy (non-hydrogen) atoms. The maximum Gasteiger partial charge on any atom is 0.341 e. The van der Waals surface area contributed by atoms with Crippen molar-refractivity contribution in [3.8, 4) is 0 Å². The average Bonchev–Trinajstić information content (AvgIpc) is 3.14. The fourth-order valence-corrected chi connectivity index (χ4v) is 3.84. The van der Waals surface area contributed by atoms with Crippen LogP contribution in [0.4, 0.5) is 14.5 Å². The predicted molar refractivity (Wildman–Crippen MR) is 106 cm³/mol. The molecule has 1 aromatic carbocycles. The van der Waals surface area contributed by atoms with Gasteiger partial charge in [0.05, 0.1) is 17.5 Å². The molecule has 158 valence electrons. The molecule has 1 aromatic heterocycles. The van der Waals surface area contributed by atoms with E-state index in [-0.39, 0.29) is 35.7 Å². The Balaban J connectivity index is 2.13. The first-order valence-electron chi connectivity index (χ1n) is 9.62. The van der Waals surface area contributed by atoms with Crippen LogP contribution in [0.25, 0.3) is 10.9 Å². The minimum Gasteiger partial charge on any atom is -0.477 e. The fraction of sp³-hybridized carbons (Fsp3) is 0.500. The zero-order valence-electron chi connectivity index (χ0n) is 16.5. The van der Waals surface area contributed by atoms with Gasteiger partial charge in [0, 0.05) is 32.9 Å². The molecular weight excluding hydrogens is 384 g/mol. The van der Waals surface area contributed by atoms with Crippen LogP contribution in [-0.2, 0) is 11.3 Å². The average molecular weight is 409 g/mol. The molecule has 1 unspecified atom stereocenters. The summed E-state index contributed by atoms with van der Waals surface area (Å²) in [5, 5.41) is 12.3. The number of hydrogen-bond donors (Lipinski definition) is 2. The zero-order chi connectivity index (χ0) is 21.1. The topological polar surface area (TPSA) is 83.8 Å². The molecule has 0 radical (unpaired) electrons. The molecule has 0 saturated carbocycles. The maximum atomic E-state index is 15.5. The largest absolute Gasteiger partial charge is 0.477 e. The number of carboxylic acids is 1. The Kier molecular flexibility index (Phi) is 6.49. The Morgan fingerprint density at radius 3 is 2.83 bits per heavy atom. The van der Waals surface area contributed by atoms with Crippen LogP contribution in [0, 0.1) is 17.6 Å². The van der Waals surface area contributed by atoms with Gasteiger partial charge in [0.15, 0.2) is 5.82 Å². The van der Waals surface area contributed by atoms with E-state index in [0.29, 0.717) is 13.1 Å². The summed E-state index contributed by atoms with van der Waals surface area (Å²) in [4.78, 5) is 25.6. The second-order valence-electron chi connectivity index (χ2n) is 7.19. The van der Waals surface area contributed by atoms with E-state index in [0.717, 1.165) is 31.8 Å². The lowest BCUT2D eigenvalue weighted by Gasteiger charge is -2.22. The minimum absolute atomic E-state index is 0.108. The highest BCUT2D eigenvalue weighted by Gasteiger charge is 2.29. The smallest absolute Gasteiger partial charge is 0.341 e. The lowest BCUT2D eigenvalue weighted by Crippen LogP contribution is -2.28. The van der Waals surface area contributed by atoms with Gasteiger partial charge in [0.25, 0.3) is 0 Å². The molecular formula is C20H25F2N3O4. The van der Waals surface area contributed by atoms with Crippen LogP contribution in [0.5, 0.6) is 0 Å². The molecule has 2 heterocycles. The summed E-state index contributed by atoms with van der Waals surface area (Å²) in [5.41, 5.74) is -1.72. The van der Waals surface area contributed by atoms with E-state index in [1.165, 1.54) is 11.7 Å². The second-order valence-corrected chi connectivity index (χ2v) is 7.19. The van der Waals surface area contributed by atoms with Gasteiger partial charge in [-0.2, -0.15) is 0 Å². The van der Waals surface area contributed by atoms with Crippen LogP contribution in [0.15, 0.2) is 17.1 Å². The number of methoxy groups -OCH3 is 1. The van der Waals surface area contributed by atoms with Gasteiger partial charge in [0.2, 0.25) is 5.43 Å². The van der Waals surface area contributed by atoms with Gasteiger partial charge in [-0.1, -0.05) is 6.92 Å². The maximum absolute atomic E-state index is 15.5. The highest BCUT2D eigenvalue weighted by atomic mass is 19.1. The number of nitrogens with one attached hydrogen (secondary N) is 1. The Hall–Kier alpha value is -2.52. The molecule has 2 aromatic rings. The highest BCUT2D eigenvalue weighted by molar-refractivity contribution is 5.93. The summed E-state index contributed by atoms with van der Waals surface area (Å²) >= 11 is 0. The fourth-order valence-electron chi connectivity index (χ4n) is 3.84. The molecule has 0 spiro atoms. The summed E-state index contributed by atoms with van der Waals surface area (Å²) in [6.07, 6.45) is 1.90. The summed E-state index contributed by atoms with van der Waals surface area (Å²) in [7, 11) is 1.46. The number of rotatable bonds is 8. The van der Waals surface area contributed by atoms with Crippen LogP contribution in [-0.4, -0.2) is 55.5 Å². The Labute approximate surface area is 166 Å². The van der Waals surface area contributed by atoms with E-state index >= 15 is 4.39 Å². The molecule has 7 nitrogen and oxygen atoms in total. The third-order valence-electron chi connectivity index (χ3n) is 5.28. The predicted octanol–water partition coefficient (Wildman–Crippen LogP) is 2.06. The molecule has 0 amide bonds. The molecule has 1 fully saturated rings. The number of aromatic nitrogens is 1. The second kappa shape index (κ2) is 8.87. The quantitative estimate of drug-likeness (QED) is 0.695. The van der Waals surface area contributed by atoms with Crippen molar-refractivity contribution in [3.05, 3.63) is 39.7 Å². The number of hydrogen-bond acceptors (Lipinski definition) is 5. The van der Waals surface area contributed by atoms with Crippen LogP contribution in [0.2, 0.25) is 0 Å². The van der Waals surface area contributed by atoms with Crippen molar-refractivity contribution in [3.63, 3.8) is 0 Å². The Morgan fingerprint density at radius 1 is 1.41 bits per heavy atom. The number of benzene rings is 1. The third kappa shape index (κ3) is 4.11. The molecule has 2 N–H and O–H groups in total. The minimum atomic E-state index is -1.45.